The average Bonchev–Trinajstić information content (AvgIpc) is 3.35. The number of carbonyl (C=O) groups excluding carboxylic acids is 1. The maximum Gasteiger partial charge on any atom is 0.417 e. The van der Waals surface area contributed by atoms with Gasteiger partial charge in [0.1, 0.15) is 22.9 Å². The molecule has 0 bridgehead atoms. The zero-order valence-electron chi connectivity index (χ0n) is 22.3. The van der Waals surface area contributed by atoms with Crippen LogP contribution in [0.15, 0.2) is 90.1 Å². The van der Waals surface area contributed by atoms with Crippen LogP contribution >= 0.6 is 0 Å². The summed E-state index contributed by atoms with van der Waals surface area (Å²) < 4.78 is 56.1. The number of hydrogen-bond acceptors (Lipinski definition) is 6. The van der Waals surface area contributed by atoms with Gasteiger partial charge in [0, 0.05) is 24.8 Å². The molecule has 212 valence electrons. The maximum atomic E-state index is 15.1. The highest BCUT2D eigenvalue weighted by molar-refractivity contribution is 7.90. The number of rotatable bonds is 9. The second kappa shape index (κ2) is 12.7. The van der Waals surface area contributed by atoms with Crippen molar-refractivity contribution in [1.29, 1.82) is 5.26 Å². The van der Waals surface area contributed by atoms with Gasteiger partial charge in [-0.05, 0) is 55.7 Å². The van der Waals surface area contributed by atoms with Crippen molar-refractivity contribution in [2.24, 2.45) is 0 Å². The molecule has 5 aromatic rings. The lowest BCUT2D eigenvalue weighted by Crippen LogP contribution is -2.17. The molecule has 0 spiro atoms. The molecule has 0 aliphatic heterocycles. The molecule has 2 heterocycles. The Kier molecular flexibility index (Phi) is 8.66. The van der Waals surface area contributed by atoms with Gasteiger partial charge in [0.05, 0.1) is 23.3 Å². The molecule has 1 N–H and O–H groups in total. The molecule has 1 atom stereocenters. The molecule has 0 radical (unpaired) electrons. The number of nitrogens with one attached hydrogen (secondary N) is 1. The maximum absolute atomic E-state index is 15.1. The number of nitrogens with zero attached hydrogens (tertiary/aromatic N) is 3. The fraction of sp³-hybridized carbons (Fsp3) is 0.129. The highest BCUT2D eigenvalue weighted by Gasteiger charge is 2.25. The van der Waals surface area contributed by atoms with E-state index in [-0.39, 0.29) is 23.6 Å². The Bertz CT molecular complexity index is 1750. The number of hydrogen-bond donors (Lipinski definition) is 1. The van der Waals surface area contributed by atoms with E-state index in [9.17, 15) is 9.35 Å². The molecule has 0 saturated carbocycles. The van der Waals surface area contributed by atoms with Crippen molar-refractivity contribution in [3.05, 3.63) is 108 Å². The zero-order valence-corrected chi connectivity index (χ0v) is 23.2. The molecular weight excluding hydrogens is 562 g/mol. The molecule has 0 fully saturated rings. The van der Waals surface area contributed by atoms with E-state index in [1.54, 1.807) is 48.7 Å². The van der Waals surface area contributed by atoms with Crippen LogP contribution in [0.25, 0.3) is 11.0 Å². The number of ether oxygens (including phenoxy) is 2. The quantitative estimate of drug-likeness (QED) is 0.142. The lowest BCUT2D eigenvalue weighted by atomic mass is 10.1. The molecular formula is C31H24F2N4O4S. The number of unbranched alkanes of at least 4 members (excludes halogenated alkanes) is 1. The third kappa shape index (κ3) is 6.35. The van der Waals surface area contributed by atoms with Crippen molar-refractivity contribution < 1.29 is 27.6 Å². The average molecular weight is 587 g/mol. The van der Waals surface area contributed by atoms with Crippen LogP contribution < -0.4 is 14.8 Å². The SMILES string of the molecule is Cc1ccc([S+]([O-])n2cc(CCCC#N)c3c(Oc4c(F)cc(NC(=O)Oc5ccccc5)cc4F)ccnc32)cc1. The molecule has 5 rings (SSSR count). The molecule has 0 aliphatic rings. The number of para-hydroxylation sites is 1. The molecule has 0 aliphatic carbocycles. The van der Waals surface area contributed by atoms with Gasteiger partial charge < -0.3 is 14.0 Å². The molecule has 8 nitrogen and oxygen atoms in total. The second-order valence-corrected chi connectivity index (χ2v) is 10.6. The molecule has 0 saturated heterocycles. The van der Waals surface area contributed by atoms with E-state index in [0.717, 1.165) is 17.7 Å². The predicted octanol–water partition coefficient (Wildman–Crippen LogP) is 7.44. The van der Waals surface area contributed by atoms with Crippen LogP contribution in [0.2, 0.25) is 0 Å². The van der Waals surface area contributed by atoms with E-state index < -0.39 is 34.8 Å². The number of pyridine rings is 1. The lowest BCUT2D eigenvalue weighted by molar-refractivity contribution is 0.215. The molecule has 2 aromatic heterocycles. The number of carbonyl (C=O) groups is 1. The third-order valence-corrected chi connectivity index (χ3v) is 7.55. The highest BCUT2D eigenvalue weighted by atomic mass is 32.2. The molecule has 42 heavy (non-hydrogen) atoms. The van der Waals surface area contributed by atoms with Gasteiger partial charge in [-0.3, -0.25) is 5.32 Å². The van der Waals surface area contributed by atoms with E-state index in [1.807, 2.05) is 19.1 Å². The summed E-state index contributed by atoms with van der Waals surface area (Å²) in [6, 6.07) is 20.8. The van der Waals surface area contributed by atoms with Crippen LogP contribution in [0.3, 0.4) is 0 Å². The first-order valence-electron chi connectivity index (χ1n) is 12.9. The summed E-state index contributed by atoms with van der Waals surface area (Å²) in [4.78, 5) is 17.1. The van der Waals surface area contributed by atoms with Gasteiger partial charge in [0.2, 0.25) is 0 Å². The largest absolute Gasteiger partial charge is 0.587 e. The molecule has 1 unspecified atom stereocenters. The summed E-state index contributed by atoms with van der Waals surface area (Å²) in [5.74, 6) is -2.47. The number of halogens is 2. The minimum absolute atomic E-state index is 0.0913. The lowest BCUT2D eigenvalue weighted by Gasteiger charge is -2.13. The summed E-state index contributed by atoms with van der Waals surface area (Å²) in [5, 5.41) is 11.7. The van der Waals surface area contributed by atoms with E-state index >= 15 is 8.78 Å². The number of amides is 1. The van der Waals surface area contributed by atoms with Gasteiger partial charge in [-0.15, -0.1) is 3.97 Å². The molecule has 3 aromatic carbocycles. The van der Waals surface area contributed by atoms with Crippen molar-refractivity contribution in [3.8, 4) is 23.3 Å². The normalized spacial score (nSPS) is 11.6. The first-order valence-corrected chi connectivity index (χ1v) is 14.0. The van der Waals surface area contributed by atoms with Gasteiger partial charge in [0.25, 0.3) is 0 Å². The number of aryl methyl sites for hydroxylation is 2. The van der Waals surface area contributed by atoms with Crippen molar-refractivity contribution in [3.63, 3.8) is 0 Å². The highest BCUT2D eigenvalue weighted by Crippen LogP contribution is 2.37. The number of benzene rings is 3. The number of anilines is 1. The van der Waals surface area contributed by atoms with E-state index in [0.29, 0.717) is 34.3 Å². The minimum atomic E-state index is -1.67. The first-order chi connectivity index (χ1) is 20.3. The Hall–Kier alpha value is -4.92. The molecule has 11 heteroatoms. The van der Waals surface area contributed by atoms with Crippen LogP contribution in [-0.4, -0.2) is 19.6 Å². The third-order valence-electron chi connectivity index (χ3n) is 6.24. The van der Waals surface area contributed by atoms with Crippen molar-refractivity contribution >= 4 is 34.2 Å². The Labute approximate surface area is 243 Å². The Morgan fingerprint density at radius 3 is 2.50 bits per heavy atom. The second-order valence-electron chi connectivity index (χ2n) is 9.26. The van der Waals surface area contributed by atoms with Gasteiger partial charge in [-0.2, -0.15) is 5.26 Å². The van der Waals surface area contributed by atoms with Gasteiger partial charge in [-0.25, -0.2) is 18.6 Å². The molecule has 1 amide bonds. The fourth-order valence-electron chi connectivity index (χ4n) is 4.28. The van der Waals surface area contributed by atoms with Gasteiger partial charge in [0.15, 0.2) is 27.9 Å². The van der Waals surface area contributed by atoms with Crippen LogP contribution in [0.1, 0.15) is 24.0 Å². The van der Waals surface area contributed by atoms with Crippen LogP contribution in [0.4, 0.5) is 19.3 Å². The number of nitriles is 1. The van der Waals surface area contributed by atoms with Crippen molar-refractivity contribution in [2.75, 3.05) is 5.32 Å². The monoisotopic (exact) mass is 586 g/mol. The Balaban J connectivity index is 1.46. The van der Waals surface area contributed by atoms with Gasteiger partial charge in [-0.1, -0.05) is 35.9 Å². The van der Waals surface area contributed by atoms with Crippen molar-refractivity contribution in [2.45, 2.75) is 31.1 Å². The van der Waals surface area contributed by atoms with E-state index in [4.69, 9.17) is 14.7 Å². The van der Waals surface area contributed by atoms with E-state index in [2.05, 4.69) is 16.4 Å². The Morgan fingerprint density at radius 2 is 1.81 bits per heavy atom. The standard InChI is InChI=1S/C31H24F2N4O4S/c1-20-10-12-24(13-11-20)42(39)37-19-21(7-5-6-15-34)28-27(14-16-35-30(28)37)41-29-25(32)17-22(18-26(29)33)36-31(38)40-23-8-3-2-4-9-23/h2-4,8-14,16-19H,5-7H2,1H3,(H,36,38). The topological polar surface area (TPSA) is 112 Å². The Morgan fingerprint density at radius 1 is 1.10 bits per heavy atom. The summed E-state index contributed by atoms with van der Waals surface area (Å²) in [5.41, 5.74) is 1.79. The van der Waals surface area contributed by atoms with Crippen LogP contribution in [-0.2, 0) is 17.8 Å². The predicted molar refractivity (Wildman–Crippen MR) is 154 cm³/mol. The zero-order chi connectivity index (χ0) is 29.6. The van der Waals surface area contributed by atoms with Crippen molar-refractivity contribution in [1.82, 2.24) is 8.96 Å². The number of aromatic nitrogens is 2. The van der Waals surface area contributed by atoms with E-state index in [1.165, 1.54) is 16.2 Å². The number of fused-ring (bicyclic) bond motifs is 1. The summed E-state index contributed by atoms with van der Waals surface area (Å²) in [6.45, 7) is 1.92. The van der Waals surface area contributed by atoms with Gasteiger partial charge >= 0.3 is 6.09 Å². The summed E-state index contributed by atoms with van der Waals surface area (Å²) >= 11 is -1.67. The summed E-state index contributed by atoms with van der Waals surface area (Å²) in [7, 11) is 0. The van der Waals surface area contributed by atoms with Crippen LogP contribution in [0.5, 0.6) is 17.2 Å². The fourth-order valence-corrected chi connectivity index (χ4v) is 5.39. The smallest absolute Gasteiger partial charge is 0.417 e. The van der Waals surface area contributed by atoms with Crippen LogP contribution in [0, 0.1) is 29.9 Å². The first kappa shape index (κ1) is 28.6. The summed E-state index contributed by atoms with van der Waals surface area (Å²) in [6.07, 6.45) is 3.34. The minimum Gasteiger partial charge on any atom is -0.587 e.